The summed E-state index contributed by atoms with van der Waals surface area (Å²) in [4.78, 5) is 1.22. The van der Waals surface area contributed by atoms with Crippen LogP contribution in [-0.4, -0.2) is 17.8 Å². The van der Waals surface area contributed by atoms with Gasteiger partial charge in [-0.05, 0) is 59.8 Å². The fourth-order valence-corrected chi connectivity index (χ4v) is 4.75. The third-order valence-corrected chi connectivity index (χ3v) is 6.30. The van der Waals surface area contributed by atoms with Crippen molar-refractivity contribution in [1.82, 2.24) is 5.01 Å². The van der Waals surface area contributed by atoms with Crippen molar-refractivity contribution in [3.05, 3.63) is 81.5 Å². The molecule has 0 spiro atoms. The second kappa shape index (κ2) is 6.43. The second-order valence-corrected chi connectivity index (χ2v) is 7.80. The molecular formula is C22H20N2O2S. The van der Waals surface area contributed by atoms with Gasteiger partial charge in [0.1, 0.15) is 11.5 Å². The van der Waals surface area contributed by atoms with Gasteiger partial charge in [-0.2, -0.15) is 5.10 Å². The van der Waals surface area contributed by atoms with Gasteiger partial charge in [-0.25, -0.2) is 5.01 Å². The van der Waals surface area contributed by atoms with Gasteiger partial charge in [0, 0.05) is 12.0 Å². The Morgan fingerprint density at radius 2 is 1.93 bits per heavy atom. The molecule has 136 valence electrons. The largest absolute Gasteiger partial charge is 0.497 e. The summed E-state index contributed by atoms with van der Waals surface area (Å²) in [6.45, 7) is 2.13. The van der Waals surface area contributed by atoms with Crippen LogP contribution in [-0.2, 0) is 0 Å². The molecule has 2 aromatic carbocycles. The summed E-state index contributed by atoms with van der Waals surface area (Å²) in [5.41, 5.74) is 4.66. The van der Waals surface area contributed by atoms with Gasteiger partial charge in [-0.1, -0.05) is 18.2 Å². The molecular weight excluding hydrogens is 356 g/mol. The topological polar surface area (TPSA) is 34.1 Å². The fourth-order valence-electron chi connectivity index (χ4n) is 3.80. The molecule has 3 aromatic rings. The number of para-hydroxylation sites is 1. The Bertz CT molecular complexity index is 1010. The highest BCUT2D eigenvalue weighted by Crippen LogP contribution is 2.48. The normalized spacial score (nSPS) is 20.5. The van der Waals surface area contributed by atoms with Crippen LogP contribution in [0.3, 0.4) is 0 Å². The Hall–Kier alpha value is -2.79. The monoisotopic (exact) mass is 376 g/mol. The van der Waals surface area contributed by atoms with Crippen LogP contribution < -0.4 is 9.47 Å². The van der Waals surface area contributed by atoms with Crippen LogP contribution in [0, 0.1) is 6.92 Å². The minimum Gasteiger partial charge on any atom is -0.497 e. The molecule has 0 radical (unpaired) electrons. The summed E-state index contributed by atoms with van der Waals surface area (Å²) in [6.07, 6.45) is 0.689. The number of rotatable bonds is 3. The molecule has 2 aliphatic rings. The zero-order valence-corrected chi connectivity index (χ0v) is 16.1. The van der Waals surface area contributed by atoms with E-state index in [2.05, 4.69) is 53.7 Å². The van der Waals surface area contributed by atoms with Crippen molar-refractivity contribution in [3.63, 3.8) is 0 Å². The van der Waals surface area contributed by atoms with E-state index in [0.717, 1.165) is 29.2 Å². The molecule has 5 rings (SSSR count). The molecule has 0 amide bonds. The van der Waals surface area contributed by atoms with Gasteiger partial charge in [0.05, 0.1) is 23.7 Å². The third-order valence-electron chi connectivity index (χ3n) is 5.25. The Labute approximate surface area is 162 Å². The highest BCUT2D eigenvalue weighted by atomic mass is 32.1. The van der Waals surface area contributed by atoms with Gasteiger partial charge in [0.15, 0.2) is 0 Å². The molecule has 2 atom stereocenters. The van der Waals surface area contributed by atoms with E-state index in [-0.39, 0.29) is 12.3 Å². The van der Waals surface area contributed by atoms with Crippen molar-refractivity contribution in [2.75, 3.05) is 7.11 Å². The maximum atomic E-state index is 6.40. The first-order valence-corrected chi connectivity index (χ1v) is 9.92. The minimum absolute atomic E-state index is 0.180. The molecule has 27 heavy (non-hydrogen) atoms. The minimum atomic E-state index is -0.180. The molecule has 2 unspecified atom stereocenters. The molecule has 0 aliphatic carbocycles. The number of aryl methyl sites for hydroxylation is 1. The van der Waals surface area contributed by atoms with Crippen molar-refractivity contribution in [3.8, 4) is 11.5 Å². The van der Waals surface area contributed by atoms with E-state index in [9.17, 15) is 0 Å². The van der Waals surface area contributed by atoms with Crippen LogP contribution in [0.15, 0.2) is 65.1 Å². The lowest BCUT2D eigenvalue weighted by Crippen LogP contribution is -2.33. The van der Waals surface area contributed by atoms with Crippen molar-refractivity contribution in [2.24, 2.45) is 5.10 Å². The average Bonchev–Trinajstić information content (AvgIpc) is 3.34. The summed E-state index contributed by atoms with van der Waals surface area (Å²) in [5, 5.41) is 9.26. The van der Waals surface area contributed by atoms with E-state index < -0.39 is 0 Å². The number of ether oxygens (including phenoxy) is 2. The second-order valence-electron chi connectivity index (χ2n) is 6.85. The number of hydrazone groups is 1. The van der Waals surface area contributed by atoms with Crippen molar-refractivity contribution < 1.29 is 9.47 Å². The molecule has 0 bridgehead atoms. The van der Waals surface area contributed by atoms with Crippen LogP contribution in [0.5, 0.6) is 11.5 Å². The van der Waals surface area contributed by atoms with E-state index in [0.29, 0.717) is 0 Å². The zero-order valence-electron chi connectivity index (χ0n) is 15.3. The Kier molecular flexibility index (Phi) is 3.90. The summed E-state index contributed by atoms with van der Waals surface area (Å²) >= 11 is 1.73. The van der Waals surface area contributed by atoms with Crippen LogP contribution in [0.2, 0.25) is 0 Å². The summed E-state index contributed by atoms with van der Waals surface area (Å²) in [5.74, 6) is 1.82. The number of hydrogen-bond donors (Lipinski definition) is 0. The molecule has 5 heteroatoms. The SMILES string of the molecule is COc1ccc(C2=NN3C(C2)c2ccccc2OC3c2sccc2C)cc1. The summed E-state index contributed by atoms with van der Waals surface area (Å²) in [6, 6.07) is 18.8. The Balaban J connectivity index is 1.57. The van der Waals surface area contributed by atoms with Crippen LogP contribution in [0.1, 0.15) is 40.3 Å². The van der Waals surface area contributed by atoms with Gasteiger partial charge >= 0.3 is 0 Å². The van der Waals surface area contributed by atoms with Crippen LogP contribution >= 0.6 is 11.3 Å². The maximum Gasteiger partial charge on any atom is 0.223 e. The molecule has 1 aromatic heterocycles. The first-order chi connectivity index (χ1) is 13.2. The van der Waals surface area contributed by atoms with Gasteiger partial charge in [0.25, 0.3) is 0 Å². The zero-order chi connectivity index (χ0) is 18.4. The van der Waals surface area contributed by atoms with E-state index in [1.807, 2.05) is 18.2 Å². The predicted octanol–water partition coefficient (Wildman–Crippen LogP) is 5.31. The highest BCUT2D eigenvalue weighted by molar-refractivity contribution is 7.10. The predicted molar refractivity (Wildman–Crippen MR) is 108 cm³/mol. The van der Waals surface area contributed by atoms with Crippen LogP contribution in [0.25, 0.3) is 0 Å². The fraction of sp³-hybridized carbons (Fsp3) is 0.227. The molecule has 0 N–H and O–H groups in total. The first-order valence-electron chi connectivity index (χ1n) is 9.04. The highest BCUT2D eigenvalue weighted by Gasteiger charge is 2.41. The summed E-state index contributed by atoms with van der Waals surface area (Å²) < 4.78 is 11.7. The quantitative estimate of drug-likeness (QED) is 0.621. The number of thiophene rings is 1. The van der Waals surface area contributed by atoms with Gasteiger partial charge in [-0.3, -0.25) is 0 Å². The third kappa shape index (κ3) is 2.70. The number of methoxy groups -OCH3 is 1. The van der Waals surface area contributed by atoms with Gasteiger partial charge in [-0.15, -0.1) is 11.3 Å². The number of fused-ring (bicyclic) bond motifs is 3. The molecule has 0 saturated heterocycles. The number of nitrogens with zero attached hydrogens (tertiary/aromatic N) is 2. The van der Waals surface area contributed by atoms with Crippen molar-refractivity contribution in [1.29, 1.82) is 0 Å². The molecule has 0 saturated carbocycles. The Morgan fingerprint density at radius 3 is 2.67 bits per heavy atom. The van der Waals surface area contributed by atoms with Crippen molar-refractivity contribution >= 4 is 17.0 Å². The molecule has 2 aliphatic heterocycles. The smallest absolute Gasteiger partial charge is 0.223 e. The van der Waals surface area contributed by atoms with Crippen LogP contribution in [0.4, 0.5) is 0 Å². The van der Waals surface area contributed by atoms with E-state index >= 15 is 0 Å². The average molecular weight is 376 g/mol. The number of benzene rings is 2. The van der Waals surface area contributed by atoms with Gasteiger partial charge < -0.3 is 9.47 Å². The van der Waals surface area contributed by atoms with Crippen molar-refractivity contribution in [2.45, 2.75) is 25.6 Å². The lowest BCUT2D eigenvalue weighted by atomic mass is 9.96. The lowest BCUT2D eigenvalue weighted by molar-refractivity contribution is -0.0169. The Morgan fingerprint density at radius 1 is 1.11 bits per heavy atom. The maximum absolute atomic E-state index is 6.40. The van der Waals surface area contributed by atoms with E-state index in [1.165, 1.54) is 16.0 Å². The van der Waals surface area contributed by atoms with Gasteiger partial charge in [0.2, 0.25) is 6.23 Å². The first kappa shape index (κ1) is 16.4. The van der Waals surface area contributed by atoms with E-state index in [4.69, 9.17) is 14.6 Å². The molecule has 3 heterocycles. The van der Waals surface area contributed by atoms with E-state index in [1.54, 1.807) is 18.4 Å². The summed E-state index contributed by atoms with van der Waals surface area (Å²) in [7, 11) is 1.69. The standard InChI is InChI=1S/C22H20N2O2S/c1-14-11-12-27-21(14)22-24-19(17-5-3-4-6-20(17)26-22)13-18(23-24)15-7-9-16(25-2)10-8-15/h3-12,19,22H,13H2,1-2H3. The molecule has 0 fully saturated rings. The number of hydrogen-bond acceptors (Lipinski definition) is 5. The molecule has 4 nitrogen and oxygen atoms in total. The lowest BCUT2D eigenvalue weighted by Gasteiger charge is -2.37.